The molecule has 19 heavy (non-hydrogen) atoms. The number of benzene rings is 1. The van der Waals surface area contributed by atoms with E-state index >= 15 is 0 Å². The van der Waals surface area contributed by atoms with Crippen molar-refractivity contribution in [2.45, 2.75) is 4.90 Å². The fourth-order valence-electron chi connectivity index (χ4n) is 1.41. The largest absolute Gasteiger partial charge is 0.363 e. The Morgan fingerprint density at radius 3 is 2.53 bits per heavy atom. The fraction of sp³-hybridized carbons (Fsp3) is 0.154. The van der Waals surface area contributed by atoms with Crippen molar-refractivity contribution in [3.63, 3.8) is 0 Å². The first-order valence-electron chi connectivity index (χ1n) is 5.55. The number of hydrogen-bond donors (Lipinski definition) is 0. The molecule has 0 saturated heterocycles. The molecular weight excluding hydrogens is 298 g/mol. The molecule has 0 unspecified atom stereocenters. The minimum Gasteiger partial charge on any atom is -0.363 e. The zero-order chi connectivity index (χ0) is 13.8. The Kier molecular flexibility index (Phi) is 4.74. The Balaban J connectivity index is 2.42. The molecule has 0 radical (unpaired) electrons. The van der Waals surface area contributed by atoms with Gasteiger partial charge >= 0.3 is 0 Å². The molecule has 0 aliphatic heterocycles. The SMILES string of the molecule is CN(C)C(=S)Sc1cc(Cl)nnc1-c1ccccc1. The van der Waals surface area contributed by atoms with Crippen LogP contribution in [-0.2, 0) is 0 Å². The van der Waals surface area contributed by atoms with Gasteiger partial charge in [-0.25, -0.2) is 0 Å². The predicted octanol–water partition coefficient (Wildman–Crippen LogP) is 3.74. The van der Waals surface area contributed by atoms with Gasteiger partial charge in [0, 0.05) is 24.6 Å². The van der Waals surface area contributed by atoms with E-state index in [1.807, 2.05) is 49.3 Å². The van der Waals surface area contributed by atoms with Gasteiger partial charge in [-0.15, -0.1) is 10.2 Å². The Bertz CT molecular complexity index is 588. The van der Waals surface area contributed by atoms with Gasteiger partial charge in [-0.05, 0) is 6.07 Å². The highest BCUT2D eigenvalue weighted by Crippen LogP contribution is 2.31. The van der Waals surface area contributed by atoms with Gasteiger partial charge in [0.15, 0.2) is 5.15 Å². The maximum Gasteiger partial charge on any atom is 0.152 e. The molecule has 1 aromatic carbocycles. The molecule has 0 saturated carbocycles. The third-order valence-electron chi connectivity index (χ3n) is 2.34. The quantitative estimate of drug-likeness (QED) is 0.623. The molecule has 98 valence electrons. The number of nitrogens with zero attached hydrogens (tertiary/aromatic N) is 3. The molecule has 0 bridgehead atoms. The van der Waals surface area contributed by atoms with Crippen LogP contribution in [0.25, 0.3) is 11.3 Å². The molecule has 1 aromatic heterocycles. The van der Waals surface area contributed by atoms with Gasteiger partial charge in [0.2, 0.25) is 0 Å². The van der Waals surface area contributed by atoms with Crippen LogP contribution in [0.2, 0.25) is 5.15 Å². The van der Waals surface area contributed by atoms with E-state index in [4.69, 9.17) is 23.8 Å². The van der Waals surface area contributed by atoms with Crippen LogP contribution in [0.1, 0.15) is 0 Å². The van der Waals surface area contributed by atoms with Crippen LogP contribution in [0.15, 0.2) is 41.3 Å². The van der Waals surface area contributed by atoms with E-state index in [0.29, 0.717) is 5.15 Å². The van der Waals surface area contributed by atoms with Crippen molar-refractivity contribution in [1.82, 2.24) is 15.1 Å². The zero-order valence-electron chi connectivity index (χ0n) is 10.5. The van der Waals surface area contributed by atoms with Gasteiger partial charge in [0.25, 0.3) is 0 Å². The molecular formula is C13H12ClN3S2. The second-order valence-corrected chi connectivity index (χ2v) is 6.07. The number of rotatable bonds is 2. The molecule has 0 N–H and O–H groups in total. The van der Waals surface area contributed by atoms with E-state index in [1.165, 1.54) is 11.8 Å². The van der Waals surface area contributed by atoms with Crippen LogP contribution in [0.5, 0.6) is 0 Å². The standard InChI is InChI=1S/C13H12ClN3S2/c1-17(2)13(18)19-10-8-11(14)15-16-12(10)9-6-4-3-5-7-9/h3-8H,1-2H3. The summed E-state index contributed by atoms with van der Waals surface area (Å²) in [6.45, 7) is 0. The van der Waals surface area contributed by atoms with Gasteiger partial charge in [-0.3, -0.25) is 0 Å². The van der Waals surface area contributed by atoms with Crippen LogP contribution in [0.3, 0.4) is 0 Å². The second-order valence-electron chi connectivity index (χ2n) is 4.01. The summed E-state index contributed by atoms with van der Waals surface area (Å²) in [5.41, 5.74) is 1.79. The lowest BCUT2D eigenvalue weighted by atomic mass is 10.1. The summed E-state index contributed by atoms with van der Waals surface area (Å²) in [6.07, 6.45) is 0. The Morgan fingerprint density at radius 2 is 1.89 bits per heavy atom. The second kappa shape index (κ2) is 6.32. The predicted molar refractivity (Wildman–Crippen MR) is 84.6 cm³/mol. The van der Waals surface area contributed by atoms with Crippen molar-refractivity contribution in [3.05, 3.63) is 41.6 Å². The molecule has 0 amide bonds. The average Bonchev–Trinajstić information content (AvgIpc) is 2.39. The summed E-state index contributed by atoms with van der Waals surface area (Å²) in [5, 5.41) is 8.46. The first kappa shape index (κ1) is 14.2. The smallest absolute Gasteiger partial charge is 0.152 e. The number of halogens is 1. The minimum absolute atomic E-state index is 0.365. The van der Waals surface area contributed by atoms with Crippen molar-refractivity contribution < 1.29 is 0 Å². The summed E-state index contributed by atoms with van der Waals surface area (Å²) >= 11 is 12.7. The molecule has 2 aromatic rings. The van der Waals surface area contributed by atoms with Crippen molar-refractivity contribution in [1.29, 1.82) is 0 Å². The number of thiocarbonyl (C=S) groups is 1. The molecule has 0 spiro atoms. The van der Waals surface area contributed by atoms with Gasteiger partial charge < -0.3 is 4.90 Å². The molecule has 2 rings (SSSR count). The Hall–Kier alpha value is -1.17. The van der Waals surface area contributed by atoms with Gasteiger partial charge in [-0.1, -0.05) is 65.9 Å². The molecule has 3 nitrogen and oxygen atoms in total. The fourth-order valence-corrected chi connectivity index (χ4v) is 2.69. The maximum absolute atomic E-state index is 5.92. The third kappa shape index (κ3) is 3.65. The van der Waals surface area contributed by atoms with Gasteiger partial charge in [0.1, 0.15) is 10.0 Å². The van der Waals surface area contributed by atoms with Gasteiger partial charge in [0.05, 0.1) is 0 Å². The maximum atomic E-state index is 5.92. The molecule has 6 heteroatoms. The topological polar surface area (TPSA) is 29.0 Å². The van der Waals surface area contributed by atoms with Crippen LogP contribution in [0.4, 0.5) is 0 Å². The molecule has 0 atom stereocenters. The summed E-state index contributed by atoms with van der Waals surface area (Å²) in [7, 11) is 3.82. The lowest BCUT2D eigenvalue weighted by Crippen LogP contribution is -2.16. The van der Waals surface area contributed by atoms with E-state index in [2.05, 4.69) is 10.2 Å². The number of thioether (sulfide) groups is 1. The number of hydrogen-bond acceptors (Lipinski definition) is 4. The highest BCUT2D eigenvalue weighted by Gasteiger charge is 2.12. The highest BCUT2D eigenvalue weighted by atomic mass is 35.5. The van der Waals surface area contributed by atoms with E-state index in [1.54, 1.807) is 6.07 Å². The highest BCUT2D eigenvalue weighted by molar-refractivity contribution is 8.23. The van der Waals surface area contributed by atoms with Crippen molar-refractivity contribution in [2.75, 3.05) is 14.1 Å². The lowest BCUT2D eigenvalue weighted by molar-refractivity contribution is 0.648. The minimum atomic E-state index is 0.365. The van der Waals surface area contributed by atoms with Crippen molar-refractivity contribution >= 4 is 39.9 Å². The monoisotopic (exact) mass is 309 g/mol. The molecule has 1 heterocycles. The third-order valence-corrected chi connectivity index (χ3v) is 4.21. The number of aromatic nitrogens is 2. The van der Waals surface area contributed by atoms with E-state index in [9.17, 15) is 0 Å². The lowest BCUT2D eigenvalue weighted by Gasteiger charge is -2.14. The zero-order valence-corrected chi connectivity index (χ0v) is 12.9. The van der Waals surface area contributed by atoms with Crippen LogP contribution in [0, 0.1) is 0 Å². The van der Waals surface area contributed by atoms with Crippen molar-refractivity contribution in [2.24, 2.45) is 0 Å². The van der Waals surface area contributed by atoms with Crippen LogP contribution < -0.4 is 0 Å². The first-order chi connectivity index (χ1) is 9.08. The summed E-state index contributed by atoms with van der Waals surface area (Å²) in [6, 6.07) is 11.7. The first-order valence-corrected chi connectivity index (χ1v) is 7.16. The summed E-state index contributed by atoms with van der Waals surface area (Å²) < 4.78 is 0.751. The van der Waals surface area contributed by atoms with E-state index in [-0.39, 0.29) is 0 Å². The van der Waals surface area contributed by atoms with E-state index in [0.717, 1.165) is 20.5 Å². The summed E-state index contributed by atoms with van der Waals surface area (Å²) in [4.78, 5) is 2.79. The molecule has 0 fully saturated rings. The van der Waals surface area contributed by atoms with Crippen LogP contribution >= 0.6 is 35.6 Å². The molecule has 0 aliphatic carbocycles. The van der Waals surface area contributed by atoms with Crippen LogP contribution in [-0.4, -0.2) is 33.5 Å². The Labute approximate surface area is 127 Å². The van der Waals surface area contributed by atoms with E-state index < -0.39 is 0 Å². The molecule has 0 aliphatic rings. The van der Waals surface area contributed by atoms with Gasteiger partial charge in [-0.2, -0.15) is 0 Å². The summed E-state index contributed by atoms with van der Waals surface area (Å²) in [5.74, 6) is 0. The van der Waals surface area contributed by atoms with Crippen molar-refractivity contribution in [3.8, 4) is 11.3 Å². The average molecular weight is 310 g/mol. The normalized spacial score (nSPS) is 10.3. The Morgan fingerprint density at radius 1 is 1.21 bits per heavy atom.